The molecule has 0 aliphatic carbocycles. The summed E-state index contributed by atoms with van der Waals surface area (Å²) < 4.78 is 0. The van der Waals surface area contributed by atoms with Gasteiger partial charge >= 0.3 is 0 Å². The zero-order valence-corrected chi connectivity index (χ0v) is 12.0. The smallest absolute Gasteiger partial charge is 0.0408 e. The molecule has 0 aliphatic heterocycles. The van der Waals surface area contributed by atoms with Gasteiger partial charge in [0.2, 0.25) is 0 Å². The second-order valence-corrected chi connectivity index (χ2v) is 5.30. The van der Waals surface area contributed by atoms with Crippen molar-refractivity contribution in [3.05, 3.63) is 70.2 Å². The van der Waals surface area contributed by atoms with E-state index in [0.29, 0.717) is 12.5 Å². The zero-order chi connectivity index (χ0) is 13.7. The molecule has 0 spiro atoms. The van der Waals surface area contributed by atoms with Gasteiger partial charge in [-0.05, 0) is 48.2 Å². The first kappa shape index (κ1) is 14.1. The summed E-state index contributed by atoms with van der Waals surface area (Å²) in [5.41, 5.74) is 9.84. The van der Waals surface area contributed by atoms with Crippen LogP contribution < -0.4 is 5.73 Å². The average Bonchev–Trinajstić information content (AvgIpc) is 2.45. The molecule has 0 saturated carbocycles. The lowest BCUT2D eigenvalue weighted by Crippen LogP contribution is -2.15. The number of hydrogen-bond donors (Lipinski definition) is 1. The fourth-order valence-corrected chi connectivity index (χ4v) is 2.52. The van der Waals surface area contributed by atoms with Crippen molar-refractivity contribution in [1.82, 2.24) is 0 Å². The van der Waals surface area contributed by atoms with Crippen LogP contribution in [0.25, 0.3) is 0 Å². The van der Waals surface area contributed by atoms with E-state index in [-0.39, 0.29) is 0 Å². The topological polar surface area (TPSA) is 26.0 Å². The van der Waals surface area contributed by atoms with E-state index in [2.05, 4.69) is 37.3 Å². The second kappa shape index (κ2) is 6.74. The van der Waals surface area contributed by atoms with E-state index in [1.807, 2.05) is 18.2 Å². The standard InChI is InChI=1S/C17H20ClN/c1-2-13-6-8-15(9-7-13)16(12-19)10-14-4-3-5-17(18)11-14/h3-9,11,16H,2,10,12,19H2,1H3. The van der Waals surface area contributed by atoms with Crippen molar-refractivity contribution in [2.75, 3.05) is 6.54 Å². The van der Waals surface area contributed by atoms with Crippen LogP contribution in [0, 0.1) is 0 Å². The SMILES string of the molecule is CCc1ccc(C(CN)Cc2cccc(Cl)c2)cc1. The third-order valence-electron chi connectivity index (χ3n) is 3.52. The molecule has 2 heteroatoms. The van der Waals surface area contributed by atoms with E-state index in [1.54, 1.807) is 0 Å². The largest absolute Gasteiger partial charge is 0.330 e. The number of halogens is 1. The Morgan fingerprint density at radius 1 is 1.05 bits per heavy atom. The molecule has 0 heterocycles. The molecule has 100 valence electrons. The minimum absolute atomic E-state index is 0.351. The summed E-state index contributed by atoms with van der Waals surface area (Å²) in [6.45, 7) is 2.82. The Morgan fingerprint density at radius 3 is 2.37 bits per heavy atom. The molecule has 1 nitrogen and oxygen atoms in total. The molecule has 0 aliphatic rings. The Hall–Kier alpha value is -1.31. The van der Waals surface area contributed by atoms with Crippen LogP contribution in [0.5, 0.6) is 0 Å². The first-order valence-corrected chi connectivity index (χ1v) is 7.14. The van der Waals surface area contributed by atoms with Crippen molar-refractivity contribution in [3.8, 4) is 0 Å². The van der Waals surface area contributed by atoms with Gasteiger partial charge in [-0.3, -0.25) is 0 Å². The van der Waals surface area contributed by atoms with E-state index in [1.165, 1.54) is 16.7 Å². The van der Waals surface area contributed by atoms with Crippen LogP contribution in [0.4, 0.5) is 0 Å². The summed E-state index contributed by atoms with van der Waals surface area (Å²) in [6, 6.07) is 16.8. The molecule has 2 aromatic carbocycles. The van der Waals surface area contributed by atoms with Crippen molar-refractivity contribution in [1.29, 1.82) is 0 Å². The van der Waals surface area contributed by atoms with Crippen LogP contribution in [0.2, 0.25) is 5.02 Å². The van der Waals surface area contributed by atoms with Crippen LogP contribution in [0.15, 0.2) is 48.5 Å². The number of benzene rings is 2. The van der Waals surface area contributed by atoms with E-state index >= 15 is 0 Å². The van der Waals surface area contributed by atoms with Crippen molar-refractivity contribution >= 4 is 11.6 Å². The predicted molar refractivity (Wildman–Crippen MR) is 82.8 cm³/mol. The van der Waals surface area contributed by atoms with E-state index in [0.717, 1.165) is 17.9 Å². The normalized spacial score (nSPS) is 12.4. The van der Waals surface area contributed by atoms with Gasteiger partial charge in [0, 0.05) is 10.9 Å². The van der Waals surface area contributed by atoms with Crippen LogP contribution in [-0.2, 0) is 12.8 Å². The Balaban J connectivity index is 2.15. The van der Waals surface area contributed by atoms with Gasteiger partial charge < -0.3 is 5.73 Å². The molecular weight excluding hydrogens is 254 g/mol. The summed E-state index contributed by atoms with van der Waals surface area (Å²) in [6.07, 6.45) is 2.00. The van der Waals surface area contributed by atoms with Crippen molar-refractivity contribution in [2.24, 2.45) is 5.73 Å². The van der Waals surface area contributed by atoms with Crippen molar-refractivity contribution in [2.45, 2.75) is 25.7 Å². The monoisotopic (exact) mass is 273 g/mol. The fraction of sp³-hybridized carbons (Fsp3) is 0.294. The van der Waals surface area contributed by atoms with Crippen LogP contribution >= 0.6 is 11.6 Å². The first-order chi connectivity index (χ1) is 9.22. The fourth-order valence-electron chi connectivity index (χ4n) is 2.31. The van der Waals surface area contributed by atoms with Crippen LogP contribution in [0.3, 0.4) is 0 Å². The lowest BCUT2D eigenvalue weighted by Gasteiger charge is -2.16. The third kappa shape index (κ3) is 3.82. The first-order valence-electron chi connectivity index (χ1n) is 6.76. The zero-order valence-electron chi connectivity index (χ0n) is 11.3. The third-order valence-corrected chi connectivity index (χ3v) is 3.75. The number of hydrogen-bond acceptors (Lipinski definition) is 1. The van der Waals surface area contributed by atoms with Gasteiger partial charge in [-0.2, -0.15) is 0 Å². The van der Waals surface area contributed by atoms with Crippen molar-refractivity contribution < 1.29 is 0 Å². The van der Waals surface area contributed by atoms with E-state index in [4.69, 9.17) is 17.3 Å². The highest BCUT2D eigenvalue weighted by Crippen LogP contribution is 2.22. The minimum atomic E-state index is 0.351. The van der Waals surface area contributed by atoms with Gasteiger partial charge in [0.05, 0.1) is 0 Å². The molecule has 0 bridgehead atoms. The quantitative estimate of drug-likeness (QED) is 0.869. The molecule has 0 saturated heterocycles. The molecule has 0 aromatic heterocycles. The Bertz CT molecular complexity index is 519. The molecule has 0 amide bonds. The highest BCUT2D eigenvalue weighted by atomic mass is 35.5. The lowest BCUT2D eigenvalue weighted by molar-refractivity contribution is 0.694. The summed E-state index contributed by atoms with van der Waals surface area (Å²) in [7, 11) is 0. The maximum atomic E-state index is 6.03. The summed E-state index contributed by atoms with van der Waals surface area (Å²) in [4.78, 5) is 0. The average molecular weight is 274 g/mol. The highest BCUT2D eigenvalue weighted by molar-refractivity contribution is 6.30. The second-order valence-electron chi connectivity index (χ2n) is 4.86. The molecular formula is C17H20ClN. The van der Waals surface area contributed by atoms with Crippen LogP contribution in [0.1, 0.15) is 29.5 Å². The molecule has 2 aromatic rings. The van der Waals surface area contributed by atoms with Gasteiger partial charge in [-0.1, -0.05) is 54.9 Å². The maximum Gasteiger partial charge on any atom is 0.0408 e. The number of nitrogens with two attached hydrogens (primary N) is 1. The molecule has 2 N–H and O–H groups in total. The number of aryl methyl sites for hydroxylation is 1. The molecule has 19 heavy (non-hydrogen) atoms. The van der Waals surface area contributed by atoms with E-state index < -0.39 is 0 Å². The summed E-state index contributed by atoms with van der Waals surface area (Å²) in [5, 5.41) is 0.787. The number of rotatable bonds is 5. The molecule has 0 radical (unpaired) electrons. The lowest BCUT2D eigenvalue weighted by atomic mass is 9.91. The van der Waals surface area contributed by atoms with Gasteiger partial charge in [0.1, 0.15) is 0 Å². The minimum Gasteiger partial charge on any atom is -0.330 e. The molecule has 0 fully saturated rings. The molecule has 1 atom stereocenters. The van der Waals surface area contributed by atoms with Gasteiger partial charge in [0.15, 0.2) is 0 Å². The van der Waals surface area contributed by atoms with Crippen LogP contribution in [-0.4, -0.2) is 6.54 Å². The Labute approximate surface area is 120 Å². The van der Waals surface area contributed by atoms with Crippen molar-refractivity contribution in [3.63, 3.8) is 0 Å². The van der Waals surface area contributed by atoms with E-state index in [9.17, 15) is 0 Å². The predicted octanol–water partition coefficient (Wildman–Crippen LogP) is 4.19. The van der Waals surface area contributed by atoms with Gasteiger partial charge in [-0.15, -0.1) is 0 Å². The molecule has 1 unspecified atom stereocenters. The maximum absolute atomic E-state index is 6.03. The Kier molecular flexibility index (Phi) is 5.00. The van der Waals surface area contributed by atoms with Gasteiger partial charge in [0.25, 0.3) is 0 Å². The highest BCUT2D eigenvalue weighted by Gasteiger charge is 2.10. The molecule has 2 rings (SSSR count). The Morgan fingerprint density at radius 2 is 1.79 bits per heavy atom. The summed E-state index contributed by atoms with van der Waals surface area (Å²) in [5.74, 6) is 0.351. The summed E-state index contributed by atoms with van der Waals surface area (Å²) >= 11 is 6.03. The van der Waals surface area contributed by atoms with Gasteiger partial charge in [-0.25, -0.2) is 0 Å².